The molecule has 25 heavy (non-hydrogen) atoms. The second-order valence-corrected chi connectivity index (χ2v) is 7.06. The van der Waals surface area contributed by atoms with Crippen LogP contribution in [0, 0.1) is 6.92 Å². The van der Waals surface area contributed by atoms with E-state index < -0.39 is 0 Å². The predicted molar refractivity (Wildman–Crippen MR) is 94.8 cm³/mol. The van der Waals surface area contributed by atoms with Crippen LogP contribution in [0.15, 0.2) is 12.3 Å². The summed E-state index contributed by atoms with van der Waals surface area (Å²) in [4.78, 5) is 26.4. The van der Waals surface area contributed by atoms with E-state index in [0.717, 1.165) is 56.1 Å². The number of carbonyl (C=O) groups excluding carboxylic acids is 1. The highest BCUT2D eigenvalue weighted by Gasteiger charge is 2.29. The van der Waals surface area contributed by atoms with E-state index >= 15 is 0 Å². The zero-order chi connectivity index (χ0) is 17.4. The largest absolute Gasteiger partial charge is 0.359 e. The lowest BCUT2D eigenvalue weighted by Gasteiger charge is -2.33. The number of anilines is 1. The van der Waals surface area contributed by atoms with E-state index in [9.17, 15) is 4.79 Å². The summed E-state index contributed by atoms with van der Waals surface area (Å²) in [5.41, 5.74) is 2.91. The van der Waals surface area contributed by atoms with Gasteiger partial charge >= 0.3 is 0 Å². The molecule has 2 aliphatic heterocycles. The Labute approximate surface area is 147 Å². The van der Waals surface area contributed by atoms with E-state index in [0.29, 0.717) is 12.2 Å². The third kappa shape index (κ3) is 2.99. The van der Waals surface area contributed by atoms with Gasteiger partial charge < -0.3 is 9.80 Å². The number of hydrogen-bond donors (Lipinski definition) is 1. The van der Waals surface area contributed by atoms with Crippen molar-refractivity contribution < 1.29 is 4.79 Å². The standard InChI is InChI=1S/C18H24N6O/c1-12-14-6-4-9-23(2)17(14)21-16(20-12)13-5-3-10-24(11-13)18(25)15-7-8-19-22-15/h7-8,13H,3-6,9-11H2,1-2H3,(H,19,22)/t13-/m0/s1. The first kappa shape index (κ1) is 16.1. The van der Waals surface area contributed by atoms with Crippen LogP contribution in [0.3, 0.4) is 0 Å². The molecular formula is C18H24N6O. The molecule has 0 aromatic carbocycles. The highest BCUT2D eigenvalue weighted by molar-refractivity contribution is 5.92. The van der Waals surface area contributed by atoms with Gasteiger partial charge in [-0.1, -0.05) is 0 Å². The van der Waals surface area contributed by atoms with Gasteiger partial charge in [0.05, 0.1) is 0 Å². The zero-order valence-corrected chi connectivity index (χ0v) is 14.8. The van der Waals surface area contributed by atoms with Gasteiger partial charge in [-0.3, -0.25) is 9.89 Å². The van der Waals surface area contributed by atoms with Crippen LogP contribution in [-0.4, -0.2) is 57.7 Å². The second-order valence-electron chi connectivity index (χ2n) is 7.06. The van der Waals surface area contributed by atoms with Crippen molar-refractivity contribution in [1.82, 2.24) is 25.1 Å². The summed E-state index contributed by atoms with van der Waals surface area (Å²) in [6.07, 6.45) is 5.82. The van der Waals surface area contributed by atoms with Crippen LogP contribution in [0.4, 0.5) is 5.82 Å². The van der Waals surface area contributed by atoms with Crippen molar-refractivity contribution in [2.75, 3.05) is 31.6 Å². The molecule has 1 amide bonds. The number of nitrogens with zero attached hydrogens (tertiary/aromatic N) is 5. The van der Waals surface area contributed by atoms with Gasteiger partial charge in [-0.25, -0.2) is 9.97 Å². The molecule has 0 bridgehead atoms. The summed E-state index contributed by atoms with van der Waals surface area (Å²) in [6, 6.07) is 1.72. The fourth-order valence-corrected chi connectivity index (χ4v) is 3.91. The number of H-pyrrole nitrogens is 1. The number of rotatable bonds is 2. The summed E-state index contributed by atoms with van der Waals surface area (Å²) in [5.74, 6) is 2.16. The molecule has 2 aromatic heterocycles. The Balaban J connectivity index is 1.58. The first-order valence-corrected chi connectivity index (χ1v) is 9.00. The number of fused-ring (bicyclic) bond motifs is 1. The minimum atomic E-state index is 0.00833. The Morgan fingerprint density at radius 2 is 2.16 bits per heavy atom. The van der Waals surface area contributed by atoms with Crippen LogP contribution in [0.25, 0.3) is 0 Å². The van der Waals surface area contributed by atoms with Gasteiger partial charge in [-0.15, -0.1) is 0 Å². The van der Waals surface area contributed by atoms with Crippen molar-refractivity contribution in [2.24, 2.45) is 0 Å². The Bertz CT molecular complexity index is 772. The van der Waals surface area contributed by atoms with Crippen LogP contribution in [0.2, 0.25) is 0 Å². The molecule has 1 atom stereocenters. The van der Waals surface area contributed by atoms with Crippen molar-refractivity contribution in [3.63, 3.8) is 0 Å². The maximum Gasteiger partial charge on any atom is 0.271 e. The lowest BCUT2D eigenvalue weighted by molar-refractivity contribution is 0.0698. The number of amides is 1. The molecule has 4 heterocycles. The number of aryl methyl sites for hydroxylation is 1. The van der Waals surface area contributed by atoms with Crippen LogP contribution < -0.4 is 4.90 Å². The summed E-state index contributed by atoms with van der Waals surface area (Å²) < 4.78 is 0. The van der Waals surface area contributed by atoms with Crippen molar-refractivity contribution in [1.29, 1.82) is 0 Å². The highest BCUT2D eigenvalue weighted by atomic mass is 16.2. The molecule has 1 N–H and O–H groups in total. The summed E-state index contributed by atoms with van der Waals surface area (Å²) in [6.45, 7) is 4.56. The third-order valence-electron chi connectivity index (χ3n) is 5.30. The van der Waals surface area contributed by atoms with Crippen molar-refractivity contribution in [2.45, 2.75) is 38.5 Å². The number of nitrogens with one attached hydrogen (secondary N) is 1. The van der Waals surface area contributed by atoms with Gasteiger partial charge in [-0.05, 0) is 38.7 Å². The van der Waals surface area contributed by atoms with Gasteiger partial charge in [0.1, 0.15) is 17.3 Å². The predicted octanol–water partition coefficient (Wildman–Crippen LogP) is 1.91. The lowest BCUT2D eigenvalue weighted by Crippen LogP contribution is -2.40. The SMILES string of the molecule is Cc1nc([C@H]2CCCN(C(=O)c3ccn[nH]3)C2)nc2c1CCCN2C. The Hall–Kier alpha value is -2.44. The first-order valence-electron chi connectivity index (χ1n) is 9.00. The highest BCUT2D eigenvalue weighted by Crippen LogP contribution is 2.31. The second kappa shape index (κ2) is 6.46. The van der Waals surface area contributed by atoms with Crippen molar-refractivity contribution in [3.8, 4) is 0 Å². The van der Waals surface area contributed by atoms with Crippen LogP contribution in [-0.2, 0) is 6.42 Å². The normalized spacial score (nSPS) is 20.5. The third-order valence-corrected chi connectivity index (χ3v) is 5.30. The maximum atomic E-state index is 12.6. The molecular weight excluding hydrogens is 316 g/mol. The fraction of sp³-hybridized carbons (Fsp3) is 0.556. The number of carbonyl (C=O) groups is 1. The Kier molecular flexibility index (Phi) is 4.15. The van der Waals surface area contributed by atoms with E-state index in [1.54, 1.807) is 12.3 Å². The Morgan fingerprint density at radius 3 is 2.96 bits per heavy atom. The van der Waals surface area contributed by atoms with Gasteiger partial charge in [0.15, 0.2) is 0 Å². The van der Waals surface area contributed by atoms with E-state index in [4.69, 9.17) is 9.97 Å². The summed E-state index contributed by atoms with van der Waals surface area (Å²) >= 11 is 0. The number of aromatic amines is 1. The molecule has 7 heteroatoms. The monoisotopic (exact) mass is 340 g/mol. The maximum absolute atomic E-state index is 12.6. The molecule has 4 rings (SSSR count). The number of likely N-dealkylation sites (tertiary alicyclic amines) is 1. The molecule has 0 aliphatic carbocycles. The summed E-state index contributed by atoms with van der Waals surface area (Å²) in [7, 11) is 2.10. The molecule has 1 fully saturated rings. The number of aromatic nitrogens is 4. The van der Waals surface area contributed by atoms with E-state index in [2.05, 4.69) is 29.1 Å². The van der Waals surface area contributed by atoms with E-state index in [1.807, 2.05) is 4.90 Å². The van der Waals surface area contributed by atoms with Gasteiger partial charge in [0.2, 0.25) is 0 Å². The minimum absolute atomic E-state index is 0.00833. The average Bonchev–Trinajstić information content (AvgIpc) is 3.16. The molecule has 1 saturated heterocycles. The molecule has 0 spiro atoms. The van der Waals surface area contributed by atoms with E-state index in [1.165, 1.54) is 5.56 Å². The average molecular weight is 340 g/mol. The first-order chi connectivity index (χ1) is 12.1. The molecule has 2 aromatic rings. The van der Waals surface area contributed by atoms with Gasteiger partial charge in [0.25, 0.3) is 5.91 Å². The molecule has 0 unspecified atom stereocenters. The molecule has 0 radical (unpaired) electrons. The molecule has 7 nitrogen and oxygen atoms in total. The van der Waals surface area contributed by atoms with E-state index in [-0.39, 0.29) is 11.8 Å². The van der Waals surface area contributed by atoms with Gasteiger partial charge in [-0.2, -0.15) is 5.10 Å². The van der Waals surface area contributed by atoms with Crippen LogP contribution >= 0.6 is 0 Å². The Morgan fingerprint density at radius 1 is 1.28 bits per heavy atom. The number of piperidine rings is 1. The van der Waals surface area contributed by atoms with Crippen LogP contribution in [0.5, 0.6) is 0 Å². The zero-order valence-electron chi connectivity index (χ0n) is 14.8. The molecule has 132 valence electrons. The van der Waals surface area contributed by atoms with Gasteiger partial charge in [0, 0.05) is 50.1 Å². The lowest BCUT2D eigenvalue weighted by atomic mass is 9.96. The topological polar surface area (TPSA) is 78.0 Å². The minimum Gasteiger partial charge on any atom is -0.359 e. The van der Waals surface area contributed by atoms with Crippen LogP contribution in [0.1, 0.15) is 52.8 Å². The fourth-order valence-electron chi connectivity index (χ4n) is 3.91. The quantitative estimate of drug-likeness (QED) is 0.903. The molecule has 0 saturated carbocycles. The number of hydrogen-bond acceptors (Lipinski definition) is 5. The molecule has 2 aliphatic rings. The van der Waals surface area contributed by atoms with Crippen molar-refractivity contribution >= 4 is 11.7 Å². The summed E-state index contributed by atoms with van der Waals surface area (Å²) in [5, 5.41) is 6.65. The van der Waals surface area contributed by atoms with Crippen molar-refractivity contribution in [3.05, 3.63) is 35.0 Å². The smallest absolute Gasteiger partial charge is 0.271 e.